The number of ketones is 1. The van der Waals surface area contributed by atoms with Gasteiger partial charge in [0, 0.05) is 17.5 Å². The van der Waals surface area contributed by atoms with Crippen LogP contribution in [0.25, 0.3) is 11.0 Å². The Morgan fingerprint density at radius 2 is 1.83 bits per heavy atom. The van der Waals surface area contributed by atoms with Gasteiger partial charge in [0.25, 0.3) is 5.91 Å². The third kappa shape index (κ3) is 4.85. The predicted octanol–water partition coefficient (Wildman–Crippen LogP) is 5.65. The second kappa shape index (κ2) is 10.0. The van der Waals surface area contributed by atoms with E-state index in [1.165, 1.54) is 0 Å². The summed E-state index contributed by atoms with van der Waals surface area (Å²) in [5.41, 5.74) is 2.17. The van der Waals surface area contributed by atoms with Crippen molar-refractivity contribution in [3.63, 3.8) is 0 Å². The van der Waals surface area contributed by atoms with Crippen LogP contribution in [-0.2, 0) is 6.42 Å². The molecule has 1 unspecified atom stereocenters. The second-order valence-electron chi connectivity index (χ2n) is 9.03. The number of aryl methyl sites for hydroxylation is 1. The molecular formula is C28H33NO6. The fraction of sp³-hybridized carbons (Fsp3) is 0.429. The van der Waals surface area contributed by atoms with Crippen LogP contribution in [0.2, 0.25) is 0 Å². The largest absolute Gasteiger partial charge is 0.490 e. The van der Waals surface area contributed by atoms with E-state index in [1.807, 2.05) is 52.8 Å². The van der Waals surface area contributed by atoms with Crippen LogP contribution in [0.15, 0.2) is 34.7 Å². The van der Waals surface area contributed by atoms with Gasteiger partial charge >= 0.3 is 0 Å². The number of carbonyl (C=O) groups is 2. The topological polar surface area (TPSA) is 87.0 Å². The minimum absolute atomic E-state index is 0.0117. The monoisotopic (exact) mass is 479 g/mol. The van der Waals surface area contributed by atoms with E-state index in [4.69, 9.17) is 18.6 Å². The standard InChI is InChI=1S/C28H33NO6/c1-6-28(5)16-19(30)25-22(35-28)12-11-21-24(25)17(4)26(34-21)27(31)29-14-13-18-9-10-20(32-7-2)23(15-18)33-8-3/h9-12,15H,6-8,13-14,16H2,1-5H3,(H,29,31). The Balaban J connectivity index is 1.50. The van der Waals surface area contributed by atoms with Crippen LogP contribution in [0, 0.1) is 6.92 Å². The zero-order valence-electron chi connectivity index (χ0n) is 21.1. The highest BCUT2D eigenvalue weighted by molar-refractivity contribution is 6.13. The van der Waals surface area contributed by atoms with Gasteiger partial charge in [-0.15, -0.1) is 0 Å². The van der Waals surface area contributed by atoms with Crippen LogP contribution in [0.3, 0.4) is 0 Å². The summed E-state index contributed by atoms with van der Waals surface area (Å²) in [6.45, 7) is 11.1. The molecule has 0 saturated heterocycles. The SMILES string of the molecule is CCOc1ccc(CCNC(=O)c2oc3ccc4c(c3c2C)C(=O)CC(C)(CC)O4)cc1OCC. The lowest BCUT2D eigenvalue weighted by Crippen LogP contribution is -2.38. The van der Waals surface area contributed by atoms with Gasteiger partial charge in [0.15, 0.2) is 23.0 Å². The first-order chi connectivity index (χ1) is 16.8. The maximum absolute atomic E-state index is 13.0. The summed E-state index contributed by atoms with van der Waals surface area (Å²) >= 11 is 0. The second-order valence-corrected chi connectivity index (χ2v) is 9.03. The van der Waals surface area contributed by atoms with Crippen molar-refractivity contribution in [1.29, 1.82) is 0 Å². The lowest BCUT2D eigenvalue weighted by molar-refractivity contribution is 0.0503. The molecule has 0 spiro atoms. The number of ether oxygens (including phenoxy) is 3. The van der Waals surface area contributed by atoms with Crippen molar-refractivity contribution in [2.45, 2.75) is 59.5 Å². The number of amides is 1. The number of furan rings is 1. The Bertz CT molecular complexity index is 1260. The molecule has 2 aromatic carbocycles. The van der Waals surface area contributed by atoms with E-state index in [0.717, 1.165) is 12.0 Å². The summed E-state index contributed by atoms with van der Waals surface area (Å²) in [5, 5.41) is 3.59. The van der Waals surface area contributed by atoms with Crippen molar-refractivity contribution in [3.8, 4) is 17.2 Å². The quantitative estimate of drug-likeness (QED) is 0.427. The normalized spacial score (nSPS) is 17.1. The van der Waals surface area contributed by atoms with Crippen LogP contribution in [-0.4, -0.2) is 37.0 Å². The maximum atomic E-state index is 13.0. The van der Waals surface area contributed by atoms with Gasteiger partial charge in [-0.3, -0.25) is 9.59 Å². The van der Waals surface area contributed by atoms with E-state index in [2.05, 4.69) is 5.32 Å². The zero-order valence-corrected chi connectivity index (χ0v) is 21.1. The van der Waals surface area contributed by atoms with E-state index in [1.54, 1.807) is 12.1 Å². The Morgan fingerprint density at radius 3 is 2.54 bits per heavy atom. The minimum atomic E-state index is -0.515. The Kier molecular flexibility index (Phi) is 7.05. The minimum Gasteiger partial charge on any atom is -0.490 e. The molecule has 1 aliphatic rings. The average Bonchev–Trinajstić information content (AvgIpc) is 3.17. The number of carbonyl (C=O) groups excluding carboxylic acids is 2. The van der Waals surface area contributed by atoms with Crippen LogP contribution in [0.1, 0.15) is 72.6 Å². The molecule has 0 radical (unpaired) electrons. The number of rotatable bonds is 9. The van der Waals surface area contributed by atoms with Gasteiger partial charge in [-0.2, -0.15) is 0 Å². The fourth-order valence-corrected chi connectivity index (χ4v) is 4.48. The third-order valence-corrected chi connectivity index (χ3v) is 6.49. The van der Waals surface area contributed by atoms with Gasteiger partial charge in [-0.05, 0) is 70.4 Å². The van der Waals surface area contributed by atoms with E-state index in [-0.39, 0.29) is 17.5 Å². The van der Waals surface area contributed by atoms with Crippen molar-refractivity contribution in [3.05, 3.63) is 52.8 Å². The smallest absolute Gasteiger partial charge is 0.287 e. The molecule has 7 nitrogen and oxygen atoms in total. The highest BCUT2D eigenvalue weighted by atomic mass is 16.5. The fourth-order valence-electron chi connectivity index (χ4n) is 4.48. The molecule has 1 atom stereocenters. The molecule has 0 bridgehead atoms. The highest BCUT2D eigenvalue weighted by Crippen LogP contribution is 2.41. The number of nitrogens with one attached hydrogen (secondary N) is 1. The van der Waals surface area contributed by atoms with Crippen LogP contribution in [0.5, 0.6) is 17.2 Å². The molecule has 1 amide bonds. The van der Waals surface area contributed by atoms with E-state index >= 15 is 0 Å². The van der Waals surface area contributed by atoms with Gasteiger partial charge in [0.2, 0.25) is 0 Å². The molecule has 1 aliphatic heterocycles. The molecule has 35 heavy (non-hydrogen) atoms. The lowest BCUT2D eigenvalue weighted by Gasteiger charge is -2.34. The first-order valence-corrected chi connectivity index (χ1v) is 12.2. The Morgan fingerprint density at radius 1 is 1.09 bits per heavy atom. The molecule has 0 aliphatic carbocycles. The summed E-state index contributed by atoms with van der Waals surface area (Å²) in [6, 6.07) is 9.32. The maximum Gasteiger partial charge on any atom is 0.287 e. The highest BCUT2D eigenvalue weighted by Gasteiger charge is 2.37. The molecule has 1 N–H and O–H groups in total. The summed E-state index contributed by atoms with van der Waals surface area (Å²) in [4.78, 5) is 26.0. The number of hydrogen-bond donors (Lipinski definition) is 1. The molecule has 4 rings (SSSR count). The van der Waals surface area contributed by atoms with Gasteiger partial charge < -0.3 is 23.9 Å². The molecule has 3 aromatic rings. The third-order valence-electron chi connectivity index (χ3n) is 6.49. The molecule has 0 saturated carbocycles. The zero-order chi connectivity index (χ0) is 25.2. The average molecular weight is 480 g/mol. The molecule has 186 valence electrons. The summed E-state index contributed by atoms with van der Waals surface area (Å²) < 4.78 is 23.3. The van der Waals surface area contributed by atoms with Crippen LogP contribution in [0.4, 0.5) is 0 Å². The van der Waals surface area contributed by atoms with Crippen molar-refractivity contribution in [2.75, 3.05) is 19.8 Å². The molecule has 2 heterocycles. The first-order valence-electron chi connectivity index (χ1n) is 12.2. The van der Waals surface area contributed by atoms with E-state index < -0.39 is 5.60 Å². The Hall–Kier alpha value is -3.48. The lowest BCUT2D eigenvalue weighted by atomic mass is 9.87. The van der Waals surface area contributed by atoms with Crippen molar-refractivity contribution in [1.82, 2.24) is 5.32 Å². The van der Waals surface area contributed by atoms with Gasteiger partial charge in [0.1, 0.15) is 16.9 Å². The van der Waals surface area contributed by atoms with Gasteiger partial charge in [-0.1, -0.05) is 13.0 Å². The first kappa shape index (κ1) is 24.6. The van der Waals surface area contributed by atoms with Gasteiger partial charge in [0.05, 0.1) is 25.2 Å². The molecule has 0 fully saturated rings. The van der Waals surface area contributed by atoms with Crippen molar-refractivity contribution >= 4 is 22.7 Å². The summed E-state index contributed by atoms with van der Waals surface area (Å²) in [5.74, 6) is 1.87. The van der Waals surface area contributed by atoms with Gasteiger partial charge in [-0.25, -0.2) is 0 Å². The Labute approximate surface area is 205 Å². The summed E-state index contributed by atoms with van der Waals surface area (Å²) in [7, 11) is 0. The van der Waals surface area contributed by atoms with Crippen LogP contribution >= 0.6 is 0 Å². The molecule has 1 aromatic heterocycles. The van der Waals surface area contributed by atoms with Crippen LogP contribution < -0.4 is 19.5 Å². The predicted molar refractivity (Wildman–Crippen MR) is 134 cm³/mol. The van der Waals surface area contributed by atoms with Crippen molar-refractivity contribution < 1.29 is 28.2 Å². The number of fused-ring (bicyclic) bond motifs is 3. The summed E-state index contributed by atoms with van der Waals surface area (Å²) in [6.07, 6.45) is 1.65. The van der Waals surface area contributed by atoms with Crippen molar-refractivity contribution in [2.24, 2.45) is 0 Å². The number of benzene rings is 2. The number of Topliss-reactive ketones (excluding diaryl/α,β-unsaturated/α-hetero) is 1. The number of hydrogen-bond acceptors (Lipinski definition) is 6. The molecule has 7 heteroatoms. The molecular weight excluding hydrogens is 446 g/mol. The van der Waals surface area contributed by atoms with E-state index in [0.29, 0.717) is 71.9 Å². The van der Waals surface area contributed by atoms with E-state index in [9.17, 15) is 9.59 Å².